The molecule has 9 nitrogen and oxygen atoms in total. The lowest BCUT2D eigenvalue weighted by molar-refractivity contribution is -0.113. The van der Waals surface area contributed by atoms with Gasteiger partial charge in [0, 0.05) is 7.05 Å². The summed E-state index contributed by atoms with van der Waals surface area (Å²) in [5, 5.41) is 12.0. The topological polar surface area (TPSA) is 108 Å². The number of esters is 1. The van der Waals surface area contributed by atoms with Crippen LogP contribution in [0.4, 0.5) is 5.13 Å². The van der Waals surface area contributed by atoms with E-state index in [0.717, 1.165) is 17.1 Å². The van der Waals surface area contributed by atoms with Crippen LogP contribution in [0.15, 0.2) is 29.4 Å². The van der Waals surface area contributed by atoms with Crippen LogP contribution >= 0.6 is 23.1 Å². The molecule has 0 saturated carbocycles. The molecule has 1 amide bonds. The number of aromatic nitrogens is 4. The molecule has 0 fully saturated rings. The zero-order valence-corrected chi connectivity index (χ0v) is 21.8. The highest BCUT2D eigenvalue weighted by Crippen LogP contribution is 2.26. The van der Waals surface area contributed by atoms with E-state index < -0.39 is 5.97 Å². The molecule has 0 aliphatic rings. The highest BCUT2D eigenvalue weighted by Gasteiger charge is 2.18. The Balaban J connectivity index is 1.52. The molecule has 2 aromatic heterocycles. The van der Waals surface area contributed by atoms with E-state index in [4.69, 9.17) is 9.47 Å². The summed E-state index contributed by atoms with van der Waals surface area (Å²) in [6.07, 6.45) is 0. The van der Waals surface area contributed by atoms with Gasteiger partial charge >= 0.3 is 5.97 Å². The first-order valence-corrected chi connectivity index (χ1v) is 12.6. The van der Waals surface area contributed by atoms with Crippen LogP contribution < -0.4 is 10.1 Å². The second kappa shape index (κ2) is 11.0. The zero-order chi connectivity index (χ0) is 24.9. The molecule has 1 N–H and O–H groups in total. The van der Waals surface area contributed by atoms with Crippen LogP contribution in [0.2, 0.25) is 0 Å². The molecule has 0 aliphatic carbocycles. The van der Waals surface area contributed by atoms with E-state index >= 15 is 0 Å². The fourth-order valence-corrected chi connectivity index (χ4v) is 4.52. The van der Waals surface area contributed by atoms with Crippen molar-refractivity contribution in [1.82, 2.24) is 19.7 Å². The lowest BCUT2D eigenvalue weighted by Crippen LogP contribution is -2.14. The largest absolute Gasteiger partial charge is 0.486 e. The fraction of sp³-hybridized carbons (Fsp3) is 0.435. The minimum Gasteiger partial charge on any atom is -0.486 e. The van der Waals surface area contributed by atoms with Crippen molar-refractivity contribution in [3.63, 3.8) is 0 Å². The smallest absolute Gasteiger partial charge is 0.350 e. The highest BCUT2D eigenvalue weighted by atomic mass is 32.2. The Morgan fingerprint density at radius 2 is 1.88 bits per heavy atom. The summed E-state index contributed by atoms with van der Waals surface area (Å²) in [6.45, 7) is 10.5. The second-order valence-corrected chi connectivity index (χ2v) is 10.5. The number of ether oxygens (including phenoxy) is 2. The minimum atomic E-state index is -0.439. The van der Waals surface area contributed by atoms with Gasteiger partial charge in [-0.3, -0.25) is 4.79 Å². The number of amides is 1. The summed E-state index contributed by atoms with van der Waals surface area (Å²) in [7, 11) is 1.83. The van der Waals surface area contributed by atoms with Crippen molar-refractivity contribution in [2.75, 3.05) is 17.7 Å². The van der Waals surface area contributed by atoms with Gasteiger partial charge in [0.05, 0.1) is 18.1 Å². The second-order valence-electron chi connectivity index (χ2n) is 8.51. The minimum absolute atomic E-state index is 0.0854. The molecule has 34 heavy (non-hydrogen) atoms. The SMILES string of the molecule is CCOC(=O)c1sc(NC(=O)CSc2nnc(COc3ccc(C(C)(C)C)cc3)n2C)nc1C. The average molecular weight is 504 g/mol. The number of carbonyl (C=O) groups is 2. The number of anilines is 1. The summed E-state index contributed by atoms with van der Waals surface area (Å²) >= 11 is 2.35. The lowest BCUT2D eigenvalue weighted by Gasteiger charge is -2.19. The molecule has 1 aromatic carbocycles. The van der Waals surface area contributed by atoms with Crippen LogP contribution in [0, 0.1) is 6.92 Å². The number of nitrogens with one attached hydrogen (secondary N) is 1. The Hall–Kier alpha value is -2.92. The average Bonchev–Trinajstić information content (AvgIpc) is 3.32. The number of aryl methyl sites for hydroxylation is 1. The Kier molecular flexibility index (Phi) is 8.32. The Morgan fingerprint density at radius 1 is 1.18 bits per heavy atom. The van der Waals surface area contributed by atoms with Gasteiger partial charge < -0.3 is 19.4 Å². The first-order chi connectivity index (χ1) is 16.1. The molecule has 3 rings (SSSR count). The molecule has 11 heteroatoms. The van der Waals surface area contributed by atoms with Crippen LogP contribution in [-0.2, 0) is 28.6 Å². The first kappa shape index (κ1) is 25.7. The maximum Gasteiger partial charge on any atom is 0.350 e. The number of thiazole rings is 1. The number of benzene rings is 1. The molecule has 0 unspecified atom stereocenters. The molecule has 0 aliphatic heterocycles. The summed E-state index contributed by atoms with van der Waals surface area (Å²) in [4.78, 5) is 28.9. The van der Waals surface area contributed by atoms with Gasteiger partial charge in [0.25, 0.3) is 0 Å². The summed E-state index contributed by atoms with van der Waals surface area (Å²) < 4.78 is 12.7. The third-order valence-electron chi connectivity index (χ3n) is 4.85. The number of hydrogen-bond donors (Lipinski definition) is 1. The summed E-state index contributed by atoms with van der Waals surface area (Å²) in [5.41, 5.74) is 1.85. The van der Waals surface area contributed by atoms with Gasteiger partial charge in [0.2, 0.25) is 5.91 Å². The lowest BCUT2D eigenvalue weighted by atomic mass is 9.87. The third kappa shape index (κ3) is 6.57. The van der Waals surface area contributed by atoms with Crippen molar-refractivity contribution in [2.24, 2.45) is 7.05 Å². The van der Waals surface area contributed by atoms with Crippen molar-refractivity contribution in [3.8, 4) is 5.75 Å². The molecular formula is C23H29N5O4S2. The van der Waals surface area contributed by atoms with E-state index in [2.05, 4.69) is 53.4 Å². The van der Waals surface area contributed by atoms with E-state index in [1.165, 1.54) is 17.3 Å². The van der Waals surface area contributed by atoms with Crippen LogP contribution in [0.5, 0.6) is 5.75 Å². The van der Waals surface area contributed by atoms with Gasteiger partial charge in [-0.25, -0.2) is 9.78 Å². The van der Waals surface area contributed by atoms with Crippen molar-refractivity contribution >= 4 is 40.1 Å². The van der Waals surface area contributed by atoms with Crippen molar-refractivity contribution in [3.05, 3.63) is 46.2 Å². The quantitative estimate of drug-likeness (QED) is 0.339. The molecule has 3 aromatic rings. The molecule has 0 spiro atoms. The van der Waals surface area contributed by atoms with Gasteiger partial charge in [-0.1, -0.05) is 56.0 Å². The maximum absolute atomic E-state index is 12.4. The normalized spacial score (nSPS) is 11.4. The number of rotatable bonds is 9. The number of nitrogens with zero attached hydrogens (tertiary/aromatic N) is 4. The van der Waals surface area contributed by atoms with Gasteiger partial charge in [0.1, 0.15) is 17.2 Å². The number of thioether (sulfide) groups is 1. The predicted molar refractivity (Wildman–Crippen MR) is 133 cm³/mol. The zero-order valence-electron chi connectivity index (χ0n) is 20.2. The van der Waals surface area contributed by atoms with E-state index in [-0.39, 0.29) is 30.3 Å². The summed E-state index contributed by atoms with van der Waals surface area (Å²) in [6, 6.07) is 8.02. The van der Waals surface area contributed by atoms with E-state index in [1.807, 2.05) is 19.2 Å². The highest BCUT2D eigenvalue weighted by molar-refractivity contribution is 7.99. The molecule has 2 heterocycles. The standard InChI is InChI=1S/C23H29N5O4S2/c1-7-31-20(30)19-14(2)24-21(34-19)25-18(29)13-33-22-27-26-17(28(22)6)12-32-16-10-8-15(9-11-16)23(3,4)5/h8-11H,7,12-13H2,1-6H3,(H,24,25,29). The number of hydrogen-bond acceptors (Lipinski definition) is 9. The van der Waals surface area contributed by atoms with Crippen molar-refractivity contribution < 1.29 is 19.1 Å². The van der Waals surface area contributed by atoms with Crippen LogP contribution in [0.25, 0.3) is 0 Å². The first-order valence-electron chi connectivity index (χ1n) is 10.8. The van der Waals surface area contributed by atoms with Crippen LogP contribution in [0.1, 0.15) is 54.4 Å². The summed E-state index contributed by atoms with van der Waals surface area (Å²) in [5.74, 6) is 0.831. The maximum atomic E-state index is 12.4. The third-order valence-corrected chi connectivity index (χ3v) is 6.92. The monoisotopic (exact) mass is 503 g/mol. The Morgan fingerprint density at radius 3 is 2.53 bits per heavy atom. The molecule has 0 saturated heterocycles. The van der Waals surface area contributed by atoms with Crippen LogP contribution in [-0.4, -0.2) is 44.0 Å². The Labute approximate surface area is 207 Å². The molecule has 182 valence electrons. The molecular weight excluding hydrogens is 474 g/mol. The molecule has 0 atom stereocenters. The Bertz CT molecular complexity index is 1150. The van der Waals surface area contributed by atoms with Gasteiger partial charge in [-0.15, -0.1) is 10.2 Å². The van der Waals surface area contributed by atoms with Gasteiger partial charge in [-0.2, -0.15) is 0 Å². The van der Waals surface area contributed by atoms with E-state index in [0.29, 0.717) is 26.7 Å². The van der Waals surface area contributed by atoms with E-state index in [1.54, 1.807) is 18.4 Å². The van der Waals surface area contributed by atoms with Crippen LogP contribution in [0.3, 0.4) is 0 Å². The van der Waals surface area contributed by atoms with Gasteiger partial charge in [-0.05, 0) is 37.0 Å². The predicted octanol–water partition coefficient (Wildman–Crippen LogP) is 4.36. The molecule has 0 bridgehead atoms. The van der Waals surface area contributed by atoms with Gasteiger partial charge in [0.15, 0.2) is 16.1 Å². The number of carbonyl (C=O) groups excluding carboxylic acids is 2. The fourth-order valence-electron chi connectivity index (χ4n) is 2.92. The van der Waals surface area contributed by atoms with Crippen molar-refractivity contribution in [1.29, 1.82) is 0 Å². The van der Waals surface area contributed by atoms with E-state index in [9.17, 15) is 9.59 Å². The molecule has 0 radical (unpaired) electrons. The van der Waals surface area contributed by atoms with Crippen molar-refractivity contribution in [2.45, 2.75) is 51.8 Å².